The normalized spacial score (nSPS) is 10.3. The Labute approximate surface area is 81.9 Å². The Morgan fingerprint density at radius 1 is 1.00 bits per heavy atom. The van der Waals surface area contributed by atoms with E-state index < -0.39 is 0 Å². The lowest BCUT2D eigenvalue weighted by molar-refractivity contribution is 0.915. The minimum atomic E-state index is 0.481. The molecule has 4 heteroatoms. The van der Waals surface area contributed by atoms with Crippen LogP contribution in [0.25, 0.3) is 0 Å². The average Bonchev–Trinajstić information content (AvgIpc) is 2.03. The van der Waals surface area contributed by atoms with Crippen LogP contribution in [0.5, 0.6) is 0 Å². The van der Waals surface area contributed by atoms with Crippen molar-refractivity contribution >= 4 is 23.2 Å². The largest absolute Gasteiger partial charge is 0.221 e. The molecule has 0 spiro atoms. The predicted molar refractivity (Wildman–Crippen MR) is 50.8 cm³/mol. The fourth-order valence-electron chi connectivity index (χ4n) is 0.922. The first-order valence-corrected chi connectivity index (χ1v) is 4.65. The standard InChI is InChI=1S/C8H10Cl2N2/c1-3-5-7(9)11-6(4-2)12-8(5)10/h3-4H2,1-2H3. The Morgan fingerprint density at radius 3 is 1.83 bits per heavy atom. The Balaban J connectivity index is 3.18. The molecule has 0 aromatic carbocycles. The zero-order valence-corrected chi connectivity index (χ0v) is 8.58. The van der Waals surface area contributed by atoms with Crippen molar-refractivity contribution in [1.29, 1.82) is 0 Å². The molecule has 0 bridgehead atoms. The first-order chi connectivity index (χ1) is 5.69. The van der Waals surface area contributed by atoms with Crippen molar-refractivity contribution < 1.29 is 0 Å². The van der Waals surface area contributed by atoms with Crippen molar-refractivity contribution in [1.82, 2.24) is 9.97 Å². The Hall–Kier alpha value is -0.340. The Kier molecular flexibility index (Phi) is 3.29. The zero-order valence-electron chi connectivity index (χ0n) is 7.06. The van der Waals surface area contributed by atoms with Crippen LogP contribution in [0.15, 0.2) is 0 Å². The highest BCUT2D eigenvalue weighted by atomic mass is 35.5. The molecule has 0 aliphatic carbocycles. The van der Waals surface area contributed by atoms with E-state index >= 15 is 0 Å². The van der Waals surface area contributed by atoms with Crippen molar-refractivity contribution in [3.8, 4) is 0 Å². The summed E-state index contributed by atoms with van der Waals surface area (Å²) in [5, 5.41) is 0.962. The third kappa shape index (κ3) is 1.87. The SMILES string of the molecule is CCc1nc(Cl)c(CC)c(Cl)n1. The summed E-state index contributed by atoms with van der Waals surface area (Å²) in [6.45, 7) is 3.94. The molecule has 2 nitrogen and oxygen atoms in total. The maximum Gasteiger partial charge on any atom is 0.137 e. The number of halogens is 2. The lowest BCUT2D eigenvalue weighted by Gasteiger charge is -2.03. The fraction of sp³-hybridized carbons (Fsp3) is 0.500. The van der Waals surface area contributed by atoms with E-state index in [0.29, 0.717) is 16.1 Å². The van der Waals surface area contributed by atoms with Gasteiger partial charge in [0.2, 0.25) is 0 Å². The molecule has 0 saturated carbocycles. The van der Waals surface area contributed by atoms with Crippen LogP contribution in [0.4, 0.5) is 0 Å². The lowest BCUT2D eigenvalue weighted by atomic mass is 10.2. The van der Waals surface area contributed by atoms with Crippen LogP contribution in [0.2, 0.25) is 10.3 Å². The highest BCUT2D eigenvalue weighted by molar-refractivity contribution is 6.34. The minimum Gasteiger partial charge on any atom is -0.221 e. The smallest absolute Gasteiger partial charge is 0.137 e. The summed E-state index contributed by atoms with van der Waals surface area (Å²) >= 11 is 11.8. The second-order valence-corrected chi connectivity index (χ2v) is 3.12. The fourth-order valence-corrected chi connectivity index (χ4v) is 1.61. The second-order valence-electron chi connectivity index (χ2n) is 2.41. The predicted octanol–water partition coefficient (Wildman–Crippen LogP) is 2.91. The Bertz CT molecular complexity index is 263. The number of hydrogen-bond donors (Lipinski definition) is 0. The van der Waals surface area contributed by atoms with E-state index in [-0.39, 0.29) is 0 Å². The molecule has 0 saturated heterocycles. The molecular formula is C8H10Cl2N2. The first kappa shape index (κ1) is 9.75. The quantitative estimate of drug-likeness (QED) is 0.693. The number of hydrogen-bond acceptors (Lipinski definition) is 2. The zero-order chi connectivity index (χ0) is 9.14. The van der Waals surface area contributed by atoms with Gasteiger partial charge in [0, 0.05) is 12.0 Å². The van der Waals surface area contributed by atoms with Crippen molar-refractivity contribution in [3.05, 3.63) is 21.7 Å². The lowest BCUT2D eigenvalue weighted by Crippen LogP contribution is -1.98. The van der Waals surface area contributed by atoms with E-state index in [2.05, 4.69) is 9.97 Å². The van der Waals surface area contributed by atoms with Gasteiger partial charge in [-0.1, -0.05) is 37.0 Å². The Morgan fingerprint density at radius 2 is 1.50 bits per heavy atom. The third-order valence-corrected chi connectivity index (χ3v) is 2.25. The van der Waals surface area contributed by atoms with Gasteiger partial charge in [0.1, 0.15) is 16.1 Å². The maximum absolute atomic E-state index is 5.88. The molecule has 0 fully saturated rings. The average molecular weight is 205 g/mol. The van der Waals surface area contributed by atoms with E-state index in [1.165, 1.54) is 0 Å². The number of aromatic nitrogens is 2. The summed E-state index contributed by atoms with van der Waals surface area (Å²) in [5.41, 5.74) is 0.829. The van der Waals surface area contributed by atoms with Crippen molar-refractivity contribution in [2.75, 3.05) is 0 Å². The molecule has 66 valence electrons. The summed E-state index contributed by atoms with van der Waals surface area (Å²) in [5.74, 6) is 0.696. The van der Waals surface area contributed by atoms with Gasteiger partial charge < -0.3 is 0 Å². The van der Waals surface area contributed by atoms with Crippen LogP contribution in [-0.2, 0) is 12.8 Å². The second kappa shape index (κ2) is 4.06. The molecule has 0 atom stereocenters. The van der Waals surface area contributed by atoms with Gasteiger partial charge in [-0.3, -0.25) is 0 Å². The molecule has 0 aliphatic rings. The molecule has 0 radical (unpaired) electrons. The van der Waals surface area contributed by atoms with E-state index in [9.17, 15) is 0 Å². The van der Waals surface area contributed by atoms with Crippen molar-refractivity contribution in [3.63, 3.8) is 0 Å². The molecule has 0 N–H and O–H groups in total. The third-order valence-electron chi connectivity index (χ3n) is 1.62. The molecule has 0 aliphatic heterocycles. The number of aryl methyl sites for hydroxylation is 1. The molecular weight excluding hydrogens is 195 g/mol. The monoisotopic (exact) mass is 204 g/mol. The number of nitrogens with zero attached hydrogens (tertiary/aromatic N) is 2. The summed E-state index contributed by atoms with van der Waals surface area (Å²) in [6, 6.07) is 0. The van der Waals surface area contributed by atoms with Gasteiger partial charge in [0.15, 0.2) is 0 Å². The number of rotatable bonds is 2. The molecule has 1 aromatic rings. The van der Waals surface area contributed by atoms with E-state index in [4.69, 9.17) is 23.2 Å². The topological polar surface area (TPSA) is 25.8 Å². The van der Waals surface area contributed by atoms with Gasteiger partial charge in [0.05, 0.1) is 0 Å². The van der Waals surface area contributed by atoms with Crippen LogP contribution in [0.1, 0.15) is 25.2 Å². The highest BCUT2D eigenvalue weighted by Gasteiger charge is 2.07. The van der Waals surface area contributed by atoms with Gasteiger partial charge >= 0.3 is 0 Å². The summed E-state index contributed by atoms with van der Waals surface area (Å²) in [4.78, 5) is 8.19. The molecule has 0 unspecified atom stereocenters. The molecule has 1 aromatic heterocycles. The molecule has 1 rings (SSSR count). The first-order valence-electron chi connectivity index (χ1n) is 3.89. The van der Waals surface area contributed by atoms with Gasteiger partial charge in [-0.05, 0) is 6.42 Å². The molecule has 0 amide bonds. The van der Waals surface area contributed by atoms with Gasteiger partial charge in [-0.15, -0.1) is 0 Å². The summed E-state index contributed by atoms with van der Waals surface area (Å²) in [6.07, 6.45) is 1.52. The van der Waals surface area contributed by atoms with E-state index in [1.54, 1.807) is 0 Å². The van der Waals surface area contributed by atoms with Crippen LogP contribution in [0.3, 0.4) is 0 Å². The van der Waals surface area contributed by atoms with E-state index in [1.807, 2.05) is 13.8 Å². The van der Waals surface area contributed by atoms with Crippen LogP contribution in [0, 0.1) is 0 Å². The van der Waals surface area contributed by atoms with Crippen LogP contribution < -0.4 is 0 Å². The maximum atomic E-state index is 5.88. The molecule has 12 heavy (non-hydrogen) atoms. The van der Waals surface area contributed by atoms with Crippen LogP contribution >= 0.6 is 23.2 Å². The van der Waals surface area contributed by atoms with Gasteiger partial charge in [-0.2, -0.15) is 0 Å². The van der Waals surface area contributed by atoms with Crippen LogP contribution in [-0.4, -0.2) is 9.97 Å². The summed E-state index contributed by atoms with van der Waals surface area (Å²) in [7, 11) is 0. The van der Waals surface area contributed by atoms with Crippen molar-refractivity contribution in [2.24, 2.45) is 0 Å². The molecule has 1 heterocycles. The highest BCUT2D eigenvalue weighted by Crippen LogP contribution is 2.21. The van der Waals surface area contributed by atoms with Crippen molar-refractivity contribution in [2.45, 2.75) is 26.7 Å². The minimum absolute atomic E-state index is 0.481. The van der Waals surface area contributed by atoms with E-state index in [0.717, 1.165) is 18.4 Å². The summed E-state index contributed by atoms with van der Waals surface area (Å²) < 4.78 is 0. The van der Waals surface area contributed by atoms with Gasteiger partial charge in [-0.25, -0.2) is 9.97 Å². The van der Waals surface area contributed by atoms with Gasteiger partial charge in [0.25, 0.3) is 0 Å².